The molecule has 1 aromatic heterocycles. The number of nitrogens with zero attached hydrogens (tertiary/aromatic N) is 4. The van der Waals surface area contributed by atoms with Crippen LogP contribution in [0.4, 0.5) is 26.6 Å². The number of nitroso groups, excluding NO2 is 1. The molecule has 2 atom stereocenters. The molecule has 1 amide bonds. The number of aromatic hydroxyl groups is 1. The lowest BCUT2D eigenvalue weighted by Crippen LogP contribution is -2.46. The molecule has 5 aromatic rings. The molecule has 0 saturated carbocycles. The fourth-order valence-electron chi connectivity index (χ4n) is 5.44. The third-order valence-corrected chi connectivity index (χ3v) is 10.5. The number of aromatic nitrogens is 1. The molecule has 248 valence electrons. The number of aliphatic hydroxyl groups is 1. The van der Waals surface area contributed by atoms with Crippen molar-refractivity contribution in [2.75, 3.05) is 41.3 Å². The van der Waals surface area contributed by atoms with E-state index in [2.05, 4.69) is 30.0 Å². The lowest BCUT2D eigenvalue weighted by atomic mass is 9.99. The second-order valence-electron chi connectivity index (χ2n) is 11.3. The molecule has 48 heavy (non-hydrogen) atoms. The number of halogens is 1. The van der Waals surface area contributed by atoms with Crippen LogP contribution in [0.1, 0.15) is 30.2 Å². The number of sulfonamides is 1. The Balaban J connectivity index is 1.06. The smallest absolute Gasteiger partial charge is 0.243 e. The Morgan fingerprint density at radius 1 is 0.938 bits per heavy atom. The van der Waals surface area contributed by atoms with E-state index in [1.165, 1.54) is 11.3 Å². The lowest BCUT2D eigenvalue weighted by Gasteiger charge is -2.37. The van der Waals surface area contributed by atoms with Crippen LogP contribution in [0.2, 0.25) is 0 Å². The fraction of sp³-hybridized carbons (Fsp3) is 0.212. The second-order valence-corrected chi connectivity index (χ2v) is 14.0. The van der Waals surface area contributed by atoms with Crippen molar-refractivity contribution < 1.29 is 27.8 Å². The molecular weight excluding hydrogens is 660 g/mol. The van der Waals surface area contributed by atoms with Gasteiger partial charge in [-0.15, -0.1) is 4.91 Å². The standard InChI is InChI=1S/C33H31FN6O6S2/c1-20(31(42)36-33-35-28-4-2-3-5-30(28)47-33)22-16-24(18-25(41)17-22)40-14-12-39(13-15-40)23-8-6-21(7-9-23)32(43)38-48(45,46)26-10-11-27(34)29(19-26)37-44/h2-11,16-20,32,38,41,43H,12-15H2,1H3,(H,35,36,42). The number of carbonyl (C=O) groups excluding carboxylic acids is 1. The third kappa shape index (κ3) is 7.13. The number of amides is 1. The average molecular weight is 691 g/mol. The van der Waals surface area contributed by atoms with Crippen LogP contribution in [0.3, 0.4) is 0 Å². The Kier molecular flexibility index (Phi) is 9.37. The Hall–Kier alpha value is -4.96. The fourth-order valence-corrected chi connectivity index (χ4v) is 7.39. The van der Waals surface area contributed by atoms with Crippen molar-refractivity contribution in [3.63, 3.8) is 0 Å². The zero-order chi connectivity index (χ0) is 34.0. The summed E-state index contributed by atoms with van der Waals surface area (Å²) in [5, 5.41) is 27.0. The van der Waals surface area contributed by atoms with Gasteiger partial charge in [0, 0.05) is 43.6 Å². The monoisotopic (exact) mass is 690 g/mol. The quantitative estimate of drug-likeness (QED) is 0.108. The van der Waals surface area contributed by atoms with Gasteiger partial charge in [0.2, 0.25) is 15.9 Å². The average Bonchev–Trinajstić information content (AvgIpc) is 3.50. The summed E-state index contributed by atoms with van der Waals surface area (Å²) in [6.45, 7) is 4.34. The van der Waals surface area contributed by atoms with E-state index >= 15 is 0 Å². The van der Waals surface area contributed by atoms with E-state index in [1.54, 1.807) is 43.3 Å². The number of phenols is 1. The maximum Gasteiger partial charge on any atom is 0.243 e. The van der Waals surface area contributed by atoms with Crippen molar-refractivity contribution in [3.8, 4) is 5.75 Å². The number of benzene rings is 4. The minimum atomic E-state index is -4.28. The van der Waals surface area contributed by atoms with E-state index in [9.17, 15) is 32.7 Å². The van der Waals surface area contributed by atoms with Crippen LogP contribution in [-0.4, -0.2) is 55.7 Å². The lowest BCUT2D eigenvalue weighted by molar-refractivity contribution is -0.117. The van der Waals surface area contributed by atoms with Gasteiger partial charge in [0.15, 0.2) is 10.9 Å². The van der Waals surface area contributed by atoms with E-state index in [1.807, 2.05) is 30.3 Å². The molecule has 0 aliphatic carbocycles. The van der Waals surface area contributed by atoms with E-state index in [0.29, 0.717) is 36.9 Å². The second kappa shape index (κ2) is 13.6. The van der Waals surface area contributed by atoms with Crippen molar-refractivity contribution in [1.82, 2.24) is 9.71 Å². The summed E-state index contributed by atoms with van der Waals surface area (Å²) in [6, 6.07) is 22.2. The highest BCUT2D eigenvalue weighted by Gasteiger charge is 2.24. The highest BCUT2D eigenvalue weighted by Crippen LogP contribution is 2.32. The minimum Gasteiger partial charge on any atom is -0.508 e. The Bertz CT molecular complexity index is 2050. The SMILES string of the molecule is CC(C(=O)Nc1nc2ccccc2s1)c1cc(O)cc(N2CCN(c3ccc(C(O)NS(=O)(=O)c4ccc(F)c(N=O)c4)cc3)CC2)c1. The van der Waals surface area contributed by atoms with Crippen LogP contribution < -0.4 is 19.8 Å². The van der Waals surface area contributed by atoms with Crippen molar-refractivity contribution in [3.05, 3.63) is 107 Å². The van der Waals surface area contributed by atoms with Gasteiger partial charge in [-0.2, -0.15) is 4.72 Å². The molecule has 6 rings (SSSR count). The van der Waals surface area contributed by atoms with Crippen LogP contribution >= 0.6 is 11.3 Å². The van der Waals surface area contributed by atoms with Crippen molar-refractivity contribution in [1.29, 1.82) is 0 Å². The third-order valence-electron chi connectivity index (χ3n) is 8.15. The van der Waals surface area contributed by atoms with Gasteiger partial charge in [-0.3, -0.25) is 4.79 Å². The zero-order valence-corrected chi connectivity index (χ0v) is 27.2. The predicted octanol–water partition coefficient (Wildman–Crippen LogP) is 5.58. The molecule has 2 heterocycles. The van der Waals surface area contributed by atoms with Gasteiger partial charge in [-0.05, 0) is 77.8 Å². The number of carbonyl (C=O) groups is 1. The zero-order valence-electron chi connectivity index (χ0n) is 25.6. The number of hydrogen-bond acceptors (Lipinski definition) is 11. The number of thiazole rings is 1. The van der Waals surface area contributed by atoms with E-state index in [0.717, 1.165) is 39.8 Å². The number of aliphatic hydroxyl groups excluding tert-OH is 1. The summed E-state index contributed by atoms with van der Waals surface area (Å²) < 4.78 is 42.0. The molecule has 1 aliphatic heterocycles. The van der Waals surface area contributed by atoms with Gasteiger partial charge in [-0.25, -0.2) is 17.8 Å². The largest absolute Gasteiger partial charge is 0.508 e. The minimum absolute atomic E-state index is 0.0645. The number of para-hydroxylation sites is 1. The van der Waals surface area contributed by atoms with Crippen LogP contribution in [0.25, 0.3) is 10.2 Å². The molecule has 4 N–H and O–H groups in total. The number of anilines is 3. The Morgan fingerprint density at radius 2 is 1.62 bits per heavy atom. The number of hydrogen-bond donors (Lipinski definition) is 4. The molecule has 1 fully saturated rings. The van der Waals surface area contributed by atoms with Crippen LogP contribution in [0.15, 0.2) is 95.0 Å². The first-order chi connectivity index (χ1) is 23.0. The maximum absolute atomic E-state index is 13.6. The molecule has 0 spiro atoms. The first kappa shape index (κ1) is 33.0. The molecule has 4 aromatic carbocycles. The highest BCUT2D eigenvalue weighted by molar-refractivity contribution is 7.89. The molecule has 1 aliphatic rings. The van der Waals surface area contributed by atoms with Gasteiger partial charge in [0.05, 0.1) is 21.0 Å². The summed E-state index contributed by atoms with van der Waals surface area (Å²) >= 11 is 1.40. The molecular formula is C33H31FN6O6S2. The summed E-state index contributed by atoms with van der Waals surface area (Å²) in [5.41, 5.74) is 2.79. The summed E-state index contributed by atoms with van der Waals surface area (Å²) in [6.07, 6.45) is -1.59. The van der Waals surface area contributed by atoms with Crippen molar-refractivity contribution in [2.45, 2.75) is 24.0 Å². The molecule has 2 unspecified atom stereocenters. The highest BCUT2D eigenvalue weighted by atomic mass is 32.2. The number of piperazine rings is 1. The number of nitrogens with one attached hydrogen (secondary N) is 2. The van der Waals surface area contributed by atoms with Crippen LogP contribution in [0, 0.1) is 10.7 Å². The van der Waals surface area contributed by atoms with Gasteiger partial charge in [-0.1, -0.05) is 35.6 Å². The van der Waals surface area contributed by atoms with Crippen molar-refractivity contribution >= 4 is 59.7 Å². The number of rotatable bonds is 10. The summed E-state index contributed by atoms with van der Waals surface area (Å²) in [4.78, 5) is 32.2. The normalized spacial score (nSPS) is 14.9. The van der Waals surface area contributed by atoms with Gasteiger partial charge < -0.3 is 25.3 Å². The Labute approximate surface area is 279 Å². The predicted molar refractivity (Wildman–Crippen MR) is 183 cm³/mol. The molecule has 0 radical (unpaired) electrons. The van der Waals surface area contributed by atoms with E-state index in [4.69, 9.17) is 0 Å². The van der Waals surface area contributed by atoms with Crippen LogP contribution in [0.5, 0.6) is 5.75 Å². The maximum atomic E-state index is 13.6. The van der Waals surface area contributed by atoms with Gasteiger partial charge in [0.1, 0.15) is 17.7 Å². The number of fused-ring (bicyclic) bond motifs is 1. The summed E-state index contributed by atoms with van der Waals surface area (Å²) in [5.74, 6) is -1.65. The molecule has 15 heteroatoms. The summed E-state index contributed by atoms with van der Waals surface area (Å²) in [7, 11) is -4.28. The van der Waals surface area contributed by atoms with Crippen LogP contribution in [-0.2, 0) is 14.8 Å². The molecule has 12 nitrogen and oxygen atoms in total. The molecule has 0 bridgehead atoms. The molecule has 1 saturated heterocycles. The topological polar surface area (TPSA) is 165 Å². The first-order valence-corrected chi connectivity index (χ1v) is 17.2. The van der Waals surface area contributed by atoms with E-state index in [-0.39, 0.29) is 17.2 Å². The van der Waals surface area contributed by atoms with E-state index < -0.39 is 38.6 Å². The Morgan fingerprint density at radius 3 is 2.31 bits per heavy atom. The van der Waals surface area contributed by atoms with Crippen molar-refractivity contribution in [2.24, 2.45) is 5.18 Å². The number of phenolic OH excluding ortho intramolecular Hbond substituents is 1. The first-order valence-electron chi connectivity index (χ1n) is 14.9. The van der Waals surface area contributed by atoms with Gasteiger partial charge >= 0.3 is 0 Å². The van der Waals surface area contributed by atoms with Gasteiger partial charge in [0.25, 0.3) is 0 Å².